The van der Waals surface area contributed by atoms with Crippen molar-refractivity contribution in [3.8, 4) is 5.88 Å². The van der Waals surface area contributed by atoms with Gasteiger partial charge in [-0.05, 0) is 75.5 Å². The molecule has 3 N–H and O–H groups in total. The number of fused-ring (bicyclic) bond motifs is 1. The van der Waals surface area contributed by atoms with Crippen molar-refractivity contribution < 1.29 is 24.2 Å². The smallest absolute Gasteiger partial charge is 0.326 e. The number of aryl methyl sites for hydroxylation is 4. The maximum absolute atomic E-state index is 12.8. The molecule has 1 saturated carbocycles. The minimum atomic E-state index is -1.08. The van der Waals surface area contributed by atoms with E-state index in [9.17, 15) is 14.7 Å². The predicted molar refractivity (Wildman–Crippen MR) is 136 cm³/mol. The lowest BCUT2D eigenvalue weighted by Crippen LogP contribution is -2.42. The van der Waals surface area contributed by atoms with Crippen molar-refractivity contribution in [1.29, 1.82) is 0 Å². The summed E-state index contributed by atoms with van der Waals surface area (Å²) in [6.45, 7) is 4.76. The molecule has 1 aliphatic carbocycles. The van der Waals surface area contributed by atoms with E-state index in [0.717, 1.165) is 56.6 Å². The van der Waals surface area contributed by atoms with Crippen LogP contribution >= 0.6 is 0 Å². The van der Waals surface area contributed by atoms with Crippen LogP contribution in [-0.4, -0.2) is 59.4 Å². The average molecular weight is 497 g/mol. The molecule has 1 atom stereocenters. The summed E-state index contributed by atoms with van der Waals surface area (Å²) in [4.78, 5) is 33.5. The van der Waals surface area contributed by atoms with Crippen LogP contribution in [-0.2, 0) is 22.4 Å². The number of amides is 1. The Kier molecular flexibility index (Phi) is 8.40. The summed E-state index contributed by atoms with van der Waals surface area (Å²) >= 11 is 0. The van der Waals surface area contributed by atoms with Gasteiger partial charge in [0.1, 0.15) is 11.9 Å². The fourth-order valence-electron chi connectivity index (χ4n) is 4.99. The first-order chi connectivity index (χ1) is 17.3. The number of nitrogens with one attached hydrogen (secondary N) is 2. The maximum atomic E-state index is 12.8. The molecule has 0 saturated heterocycles. The molecule has 1 amide bonds. The van der Waals surface area contributed by atoms with Crippen LogP contribution in [0, 0.1) is 19.8 Å². The van der Waals surface area contributed by atoms with Gasteiger partial charge >= 0.3 is 5.97 Å². The number of ether oxygens (including phenoxy) is 2. The van der Waals surface area contributed by atoms with Crippen LogP contribution in [0.2, 0.25) is 0 Å². The number of carbonyl (C=O) groups is 2. The van der Waals surface area contributed by atoms with Crippen LogP contribution in [0.3, 0.4) is 0 Å². The molecular formula is C27H36N4O5. The van der Waals surface area contributed by atoms with Crippen molar-refractivity contribution in [3.63, 3.8) is 0 Å². The standard InChI is InChI=1S/C27H36N4O5/c1-16-13-23(35-3)29-17(2)24(16)26(32)31-22(27(33)34)10-12-36-21-14-18(15-21)6-8-20-9-7-19-5-4-11-28-25(19)30-20/h7,9,13,18,21-22H,4-6,8,10-12,14-15H2,1-3H3,(H,28,30)(H,31,32)(H,33,34)/t18?,21?,22-/m0/s1. The third-order valence-electron chi connectivity index (χ3n) is 7.13. The van der Waals surface area contributed by atoms with Gasteiger partial charge in [-0.1, -0.05) is 6.07 Å². The normalized spacial score (nSPS) is 19.4. The van der Waals surface area contributed by atoms with Gasteiger partial charge in [-0.25, -0.2) is 14.8 Å². The van der Waals surface area contributed by atoms with Gasteiger partial charge in [0, 0.05) is 31.3 Å². The van der Waals surface area contributed by atoms with E-state index < -0.39 is 17.9 Å². The van der Waals surface area contributed by atoms with E-state index in [2.05, 4.69) is 27.8 Å². The van der Waals surface area contributed by atoms with Crippen molar-refractivity contribution in [2.75, 3.05) is 25.6 Å². The molecule has 194 valence electrons. The largest absolute Gasteiger partial charge is 0.481 e. The number of methoxy groups -OCH3 is 1. The molecule has 1 fully saturated rings. The van der Waals surface area contributed by atoms with Crippen molar-refractivity contribution in [2.45, 2.75) is 70.9 Å². The summed E-state index contributed by atoms with van der Waals surface area (Å²) < 4.78 is 11.0. The molecule has 0 radical (unpaired) electrons. The summed E-state index contributed by atoms with van der Waals surface area (Å²) in [6, 6.07) is 4.97. The lowest BCUT2D eigenvalue weighted by atomic mass is 9.79. The Hall–Kier alpha value is -3.20. The predicted octanol–water partition coefficient (Wildman–Crippen LogP) is 3.46. The van der Waals surface area contributed by atoms with Crippen molar-refractivity contribution >= 4 is 17.7 Å². The molecule has 0 bridgehead atoms. The molecule has 0 unspecified atom stereocenters. The minimum absolute atomic E-state index is 0.147. The summed E-state index contributed by atoms with van der Waals surface area (Å²) in [7, 11) is 1.51. The number of hydrogen-bond donors (Lipinski definition) is 3. The molecule has 2 aliphatic rings. The quantitative estimate of drug-likeness (QED) is 0.432. The van der Waals surface area contributed by atoms with Gasteiger partial charge in [0.15, 0.2) is 0 Å². The minimum Gasteiger partial charge on any atom is -0.481 e. The van der Waals surface area contributed by atoms with Crippen LogP contribution in [0.1, 0.15) is 65.0 Å². The summed E-state index contributed by atoms with van der Waals surface area (Å²) in [6.07, 6.45) is 6.60. The number of pyridine rings is 2. The van der Waals surface area contributed by atoms with E-state index in [-0.39, 0.29) is 19.1 Å². The van der Waals surface area contributed by atoms with Crippen molar-refractivity contribution in [3.05, 3.63) is 46.3 Å². The fraction of sp³-hybridized carbons (Fsp3) is 0.556. The first kappa shape index (κ1) is 25.9. The maximum Gasteiger partial charge on any atom is 0.326 e. The van der Waals surface area contributed by atoms with Gasteiger partial charge in [-0.15, -0.1) is 0 Å². The first-order valence-electron chi connectivity index (χ1n) is 12.7. The molecule has 4 rings (SSSR count). The molecule has 9 nitrogen and oxygen atoms in total. The molecule has 0 aromatic carbocycles. The molecule has 36 heavy (non-hydrogen) atoms. The van der Waals surface area contributed by atoms with Gasteiger partial charge in [0.05, 0.1) is 24.5 Å². The van der Waals surface area contributed by atoms with Crippen LogP contribution in [0.5, 0.6) is 5.88 Å². The van der Waals surface area contributed by atoms with Gasteiger partial charge in [0.2, 0.25) is 5.88 Å². The second-order valence-electron chi connectivity index (χ2n) is 9.80. The van der Waals surface area contributed by atoms with Crippen LogP contribution in [0.25, 0.3) is 0 Å². The SMILES string of the molecule is COc1cc(C)c(C(=O)N[C@@H](CCOC2CC(CCc3ccc4c(n3)NCCC4)C2)C(=O)O)c(C)n1. The van der Waals surface area contributed by atoms with Crippen molar-refractivity contribution in [1.82, 2.24) is 15.3 Å². The monoisotopic (exact) mass is 496 g/mol. The van der Waals surface area contributed by atoms with Gasteiger partial charge < -0.3 is 25.2 Å². The Morgan fingerprint density at radius 1 is 1.25 bits per heavy atom. The summed E-state index contributed by atoms with van der Waals surface area (Å²) in [5, 5.41) is 15.6. The number of rotatable bonds is 11. The van der Waals surface area contributed by atoms with Crippen LogP contribution in [0.4, 0.5) is 5.82 Å². The van der Waals surface area contributed by atoms with Crippen LogP contribution in [0.15, 0.2) is 18.2 Å². The Balaban J connectivity index is 1.18. The number of aliphatic carboxylic acids is 1. The molecular weight excluding hydrogens is 460 g/mol. The number of carbonyl (C=O) groups excluding carboxylic acids is 1. The molecule has 9 heteroatoms. The average Bonchev–Trinajstić information content (AvgIpc) is 2.83. The van der Waals surface area contributed by atoms with E-state index in [1.54, 1.807) is 19.9 Å². The number of carboxylic acids is 1. The number of anilines is 1. The van der Waals surface area contributed by atoms with E-state index >= 15 is 0 Å². The summed E-state index contributed by atoms with van der Waals surface area (Å²) in [5.41, 5.74) is 3.98. The number of hydrogen-bond acceptors (Lipinski definition) is 7. The molecule has 3 heterocycles. The van der Waals surface area contributed by atoms with Gasteiger partial charge in [-0.2, -0.15) is 0 Å². The third-order valence-corrected chi connectivity index (χ3v) is 7.13. The highest BCUT2D eigenvalue weighted by atomic mass is 16.5. The number of aromatic nitrogens is 2. The molecule has 2 aromatic rings. The zero-order valence-corrected chi connectivity index (χ0v) is 21.3. The topological polar surface area (TPSA) is 123 Å². The Labute approximate surface area is 212 Å². The second kappa shape index (κ2) is 11.7. The lowest BCUT2D eigenvalue weighted by molar-refractivity contribution is -0.140. The van der Waals surface area contributed by atoms with E-state index in [1.807, 2.05) is 0 Å². The number of nitrogens with zero attached hydrogens (tertiary/aromatic N) is 2. The van der Waals surface area contributed by atoms with E-state index in [0.29, 0.717) is 28.6 Å². The first-order valence-corrected chi connectivity index (χ1v) is 12.7. The molecule has 1 aliphatic heterocycles. The Morgan fingerprint density at radius 2 is 2.06 bits per heavy atom. The van der Waals surface area contributed by atoms with Crippen LogP contribution < -0.4 is 15.4 Å². The second-order valence-corrected chi connectivity index (χ2v) is 9.80. The molecule has 2 aromatic heterocycles. The molecule has 0 spiro atoms. The third kappa shape index (κ3) is 6.32. The Bertz CT molecular complexity index is 1080. The van der Waals surface area contributed by atoms with E-state index in [1.165, 1.54) is 12.7 Å². The van der Waals surface area contributed by atoms with Gasteiger partial charge in [-0.3, -0.25) is 4.79 Å². The highest BCUT2D eigenvalue weighted by Crippen LogP contribution is 2.34. The zero-order valence-electron chi connectivity index (χ0n) is 21.3. The van der Waals surface area contributed by atoms with E-state index in [4.69, 9.17) is 14.5 Å². The fourth-order valence-corrected chi connectivity index (χ4v) is 4.99. The van der Waals surface area contributed by atoms with Gasteiger partial charge in [0.25, 0.3) is 5.91 Å². The highest BCUT2D eigenvalue weighted by Gasteiger charge is 2.30. The highest BCUT2D eigenvalue weighted by molar-refractivity contribution is 5.98. The summed E-state index contributed by atoms with van der Waals surface area (Å²) in [5.74, 6) is 0.524. The lowest BCUT2D eigenvalue weighted by Gasteiger charge is -2.35. The van der Waals surface area contributed by atoms with Crippen molar-refractivity contribution in [2.24, 2.45) is 5.92 Å². The number of carboxylic acid groups (broad SMARTS) is 1. The zero-order chi connectivity index (χ0) is 25.7. The Morgan fingerprint density at radius 3 is 2.78 bits per heavy atom.